The van der Waals surface area contributed by atoms with Gasteiger partial charge in [-0.1, -0.05) is 30.3 Å². The second-order valence-electron chi connectivity index (χ2n) is 11.7. The number of hydrogen-bond acceptors (Lipinski definition) is 7. The maximum Gasteiger partial charge on any atom is 0.261 e. The summed E-state index contributed by atoms with van der Waals surface area (Å²) in [4.78, 5) is 29.5. The fraction of sp³-hybridized carbons (Fsp3) is 0.412. The molecule has 3 aromatic rings. The Morgan fingerprint density at radius 1 is 0.889 bits per heavy atom. The predicted molar refractivity (Wildman–Crippen MR) is 177 cm³/mol. The molecule has 2 aliphatic heterocycles. The number of nitrogens with zero attached hydrogens (tertiary/aromatic N) is 2. The van der Waals surface area contributed by atoms with Crippen LogP contribution >= 0.6 is 0 Å². The van der Waals surface area contributed by atoms with Gasteiger partial charge in [0.1, 0.15) is 0 Å². The summed E-state index contributed by atoms with van der Waals surface area (Å²) in [6, 6.07) is 21.7. The van der Waals surface area contributed by atoms with Crippen LogP contribution in [-0.2, 0) is 26.0 Å². The second kappa shape index (κ2) is 15.4. The van der Waals surface area contributed by atoms with Crippen LogP contribution in [0.3, 0.4) is 0 Å². The molecule has 2 amide bonds. The van der Waals surface area contributed by atoms with E-state index in [0.717, 1.165) is 77.3 Å². The van der Waals surface area contributed by atoms with Crippen molar-refractivity contribution in [2.45, 2.75) is 37.5 Å². The van der Waals surface area contributed by atoms with Gasteiger partial charge < -0.3 is 20.3 Å². The van der Waals surface area contributed by atoms with Crippen LogP contribution in [0.2, 0.25) is 0 Å². The highest BCUT2D eigenvalue weighted by atomic mass is 32.2. The summed E-state index contributed by atoms with van der Waals surface area (Å²) in [6.45, 7) is 7.70. The van der Waals surface area contributed by atoms with Crippen LogP contribution in [0.25, 0.3) is 0 Å². The first kappa shape index (κ1) is 32.5. The van der Waals surface area contributed by atoms with Crippen molar-refractivity contribution in [3.63, 3.8) is 0 Å². The van der Waals surface area contributed by atoms with Gasteiger partial charge in [0.15, 0.2) is 0 Å². The van der Waals surface area contributed by atoms with Gasteiger partial charge in [-0.15, -0.1) is 0 Å². The van der Waals surface area contributed by atoms with E-state index in [0.29, 0.717) is 29.4 Å². The zero-order valence-corrected chi connectivity index (χ0v) is 26.7. The first-order valence-corrected chi connectivity index (χ1v) is 17.2. The topological polar surface area (TPSA) is 120 Å². The van der Waals surface area contributed by atoms with Crippen LogP contribution in [0.15, 0.2) is 77.7 Å². The molecular formula is C34H43N5O5S. The first-order valence-electron chi connectivity index (χ1n) is 15.7. The van der Waals surface area contributed by atoms with E-state index >= 15 is 0 Å². The maximum atomic E-state index is 13.6. The molecule has 0 saturated carbocycles. The van der Waals surface area contributed by atoms with Gasteiger partial charge in [0.25, 0.3) is 15.9 Å². The number of amides is 2. The van der Waals surface area contributed by atoms with E-state index < -0.39 is 10.0 Å². The molecule has 2 saturated heterocycles. The number of hydrogen-bond donors (Lipinski definition) is 3. The highest BCUT2D eigenvalue weighted by Gasteiger charge is 2.25. The molecule has 0 spiro atoms. The number of anilines is 3. The van der Waals surface area contributed by atoms with Crippen molar-refractivity contribution in [3.8, 4) is 0 Å². The molecule has 10 nitrogen and oxygen atoms in total. The van der Waals surface area contributed by atoms with E-state index in [1.54, 1.807) is 12.1 Å². The van der Waals surface area contributed by atoms with E-state index in [1.807, 2.05) is 12.1 Å². The smallest absolute Gasteiger partial charge is 0.261 e. The third-order valence-corrected chi connectivity index (χ3v) is 9.74. The molecule has 0 aromatic heterocycles. The van der Waals surface area contributed by atoms with Crippen LogP contribution in [0.5, 0.6) is 0 Å². The fourth-order valence-corrected chi connectivity index (χ4v) is 6.99. The lowest BCUT2D eigenvalue weighted by Crippen LogP contribution is -2.38. The molecule has 2 aliphatic rings. The minimum atomic E-state index is -3.93. The van der Waals surface area contributed by atoms with Gasteiger partial charge in [-0.25, -0.2) is 8.42 Å². The Morgan fingerprint density at radius 2 is 1.58 bits per heavy atom. The van der Waals surface area contributed by atoms with Crippen LogP contribution in [0.1, 0.15) is 42.1 Å². The molecule has 45 heavy (non-hydrogen) atoms. The minimum Gasteiger partial charge on any atom is -0.379 e. The zero-order chi connectivity index (χ0) is 31.6. The molecule has 5 rings (SSSR count). The highest BCUT2D eigenvalue weighted by Crippen LogP contribution is 2.31. The number of nitrogens with one attached hydrogen (secondary N) is 3. The Hall–Kier alpha value is -3.93. The summed E-state index contributed by atoms with van der Waals surface area (Å²) >= 11 is 0. The molecule has 11 heteroatoms. The number of carbonyl (C=O) groups is 2. The average molecular weight is 634 g/mol. The number of ether oxygens (including phenoxy) is 1. The monoisotopic (exact) mass is 633 g/mol. The van der Waals surface area contributed by atoms with E-state index in [9.17, 15) is 18.0 Å². The summed E-state index contributed by atoms with van der Waals surface area (Å²) < 4.78 is 34.5. The van der Waals surface area contributed by atoms with Crippen molar-refractivity contribution in [1.82, 2.24) is 10.2 Å². The summed E-state index contributed by atoms with van der Waals surface area (Å²) in [5.74, 6) is 0.111. The van der Waals surface area contributed by atoms with Gasteiger partial charge in [-0.3, -0.25) is 19.2 Å². The summed E-state index contributed by atoms with van der Waals surface area (Å²) in [7, 11) is -3.93. The number of benzene rings is 3. The third kappa shape index (κ3) is 9.29. The molecule has 2 fully saturated rings. The molecular weight excluding hydrogens is 590 g/mol. The van der Waals surface area contributed by atoms with Crippen molar-refractivity contribution >= 4 is 38.9 Å². The minimum absolute atomic E-state index is 0.0512. The Morgan fingerprint density at radius 3 is 2.27 bits per heavy atom. The second-order valence-corrected chi connectivity index (χ2v) is 13.4. The lowest BCUT2D eigenvalue weighted by atomic mass is 9.89. The van der Waals surface area contributed by atoms with Gasteiger partial charge in [0.05, 0.1) is 23.7 Å². The number of morpholine rings is 1. The Labute approximate surface area is 266 Å². The fourth-order valence-electron chi connectivity index (χ4n) is 5.94. The van der Waals surface area contributed by atoms with Gasteiger partial charge in [0.2, 0.25) is 5.91 Å². The van der Waals surface area contributed by atoms with Crippen LogP contribution in [0.4, 0.5) is 17.1 Å². The maximum absolute atomic E-state index is 13.6. The van der Waals surface area contributed by atoms with Crippen molar-refractivity contribution in [2.75, 3.05) is 67.4 Å². The number of rotatable bonds is 12. The molecule has 240 valence electrons. The molecule has 0 radical (unpaired) electrons. The van der Waals surface area contributed by atoms with Crippen molar-refractivity contribution in [3.05, 3.63) is 83.9 Å². The quantitative estimate of drug-likeness (QED) is 0.254. The molecule has 0 aliphatic carbocycles. The van der Waals surface area contributed by atoms with Gasteiger partial charge >= 0.3 is 0 Å². The summed E-state index contributed by atoms with van der Waals surface area (Å²) in [6.07, 6.45) is 3.88. The van der Waals surface area contributed by atoms with E-state index in [2.05, 4.69) is 49.4 Å². The molecule has 0 atom stereocenters. The Kier molecular flexibility index (Phi) is 11.1. The van der Waals surface area contributed by atoms with Gasteiger partial charge in [-0.05, 0) is 86.2 Å². The standard InChI is InChI=1S/C34H43N5O5S/c1-26(40)36-29-8-11-31(12-9-29)45(42,43)37-30-10-13-33(39-18-14-28(15-19-39)24-27-6-3-2-4-7-27)32(25-30)34(41)35-16-5-17-38-20-22-44-23-21-38/h2-4,6-13,25,28,37H,5,14-24H2,1H3,(H,35,41)(H,36,40). The molecule has 2 heterocycles. The predicted octanol–water partition coefficient (Wildman–Crippen LogP) is 4.36. The molecule has 0 bridgehead atoms. The highest BCUT2D eigenvalue weighted by molar-refractivity contribution is 7.92. The number of piperidine rings is 1. The lowest BCUT2D eigenvalue weighted by molar-refractivity contribution is -0.114. The van der Waals surface area contributed by atoms with Crippen LogP contribution < -0.4 is 20.3 Å². The van der Waals surface area contributed by atoms with E-state index in [4.69, 9.17) is 4.74 Å². The van der Waals surface area contributed by atoms with E-state index in [1.165, 1.54) is 36.8 Å². The number of sulfonamides is 1. The average Bonchev–Trinajstić information content (AvgIpc) is 3.04. The zero-order valence-electron chi connectivity index (χ0n) is 25.8. The lowest BCUT2D eigenvalue weighted by Gasteiger charge is -2.35. The summed E-state index contributed by atoms with van der Waals surface area (Å²) in [5.41, 5.74) is 3.41. The van der Waals surface area contributed by atoms with Crippen molar-refractivity contribution in [2.24, 2.45) is 5.92 Å². The number of carbonyl (C=O) groups excluding carboxylic acids is 2. The molecule has 3 aromatic carbocycles. The normalized spacial score (nSPS) is 16.2. The van der Waals surface area contributed by atoms with Gasteiger partial charge in [0, 0.05) is 56.7 Å². The first-order chi connectivity index (χ1) is 21.8. The van der Waals surface area contributed by atoms with Crippen molar-refractivity contribution < 1.29 is 22.7 Å². The third-order valence-electron chi connectivity index (χ3n) is 8.34. The van der Waals surface area contributed by atoms with Gasteiger partial charge in [-0.2, -0.15) is 0 Å². The van der Waals surface area contributed by atoms with E-state index in [-0.39, 0.29) is 16.7 Å². The SMILES string of the molecule is CC(=O)Nc1ccc(S(=O)(=O)Nc2ccc(N3CCC(Cc4ccccc4)CC3)c(C(=O)NCCCN3CCOCC3)c2)cc1. The molecule has 0 unspecified atom stereocenters. The summed E-state index contributed by atoms with van der Waals surface area (Å²) in [5, 5.41) is 5.70. The Bertz CT molecular complexity index is 1530. The Balaban J connectivity index is 1.29. The van der Waals surface area contributed by atoms with Crippen LogP contribution in [-0.4, -0.2) is 77.6 Å². The van der Waals surface area contributed by atoms with Crippen LogP contribution in [0, 0.1) is 5.92 Å². The molecule has 3 N–H and O–H groups in total. The largest absolute Gasteiger partial charge is 0.379 e. The van der Waals surface area contributed by atoms with Crippen molar-refractivity contribution in [1.29, 1.82) is 0 Å².